The lowest BCUT2D eigenvalue weighted by atomic mass is 9.86. The molecule has 55 heavy (non-hydrogen) atoms. The van der Waals surface area contributed by atoms with Crippen LogP contribution in [0.5, 0.6) is 11.5 Å². The average Bonchev–Trinajstić information content (AvgIpc) is 3.70. The quantitative estimate of drug-likeness (QED) is 0.133. The fourth-order valence-electron chi connectivity index (χ4n) is 9.43. The van der Waals surface area contributed by atoms with Crippen LogP contribution in [0.3, 0.4) is 0 Å². The Morgan fingerprint density at radius 1 is 0.909 bits per heavy atom. The summed E-state index contributed by atoms with van der Waals surface area (Å²) in [6.07, 6.45) is 9.03. The molecule has 3 saturated heterocycles. The molecule has 5 heterocycles. The average molecular weight is 789 g/mol. The van der Waals surface area contributed by atoms with E-state index < -0.39 is 5.82 Å². The number of carbonyl (C=O) groups is 2. The topological polar surface area (TPSA) is 112 Å². The SMILES string of the molecule is COc1cc2ncnc(Nc3ccc(Cl)c(Cl)c3F)c2cc1OC1CCC(CN2C3CCC2CN(c2ccc4c(c2)CN(C2CCC(=O)NC2=O)C4)C3)CC1. The van der Waals surface area contributed by atoms with E-state index in [0.717, 1.165) is 58.4 Å². The first kappa shape index (κ1) is 36.4. The first-order chi connectivity index (χ1) is 26.7. The van der Waals surface area contributed by atoms with Crippen LogP contribution in [0.4, 0.5) is 21.6 Å². The van der Waals surface area contributed by atoms with Crippen molar-refractivity contribution in [2.45, 2.75) is 88.7 Å². The monoisotopic (exact) mass is 787 g/mol. The molecule has 0 spiro atoms. The standard InChI is InChI=1S/C41H44Cl2FN7O4/c1-54-35-16-33-30(40(46-22-45-33)47-32-11-10-31(42)38(43)39(32)44)15-36(35)55-29-8-2-23(3-9-29)17-51-27-6-7-28(51)21-49(20-27)26-5-4-24-18-50(19-25(24)14-26)34-12-13-37(52)48-41(34)53/h4-5,10-11,14-16,22-23,27-29,34H,2-3,6-9,12-13,17-21H2,1H3,(H,45,46,47)(H,48,52,53). The molecular formula is C41H44Cl2FN7O4. The summed E-state index contributed by atoms with van der Waals surface area (Å²) in [6, 6.07) is 14.4. The van der Waals surface area contributed by atoms with E-state index in [-0.39, 0.29) is 39.7 Å². The number of nitrogens with one attached hydrogen (secondary N) is 2. The predicted molar refractivity (Wildman–Crippen MR) is 210 cm³/mol. The van der Waals surface area contributed by atoms with Crippen LogP contribution >= 0.6 is 23.2 Å². The third-order valence-electron chi connectivity index (χ3n) is 12.4. The van der Waals surface area contributed by atoms with Crippen molar-refractivity contribution in [2.24, 2.45) is 5.92 Å². The van der Waals surface area contributed by atoms with Gasteiger partial charge in [-0.1, -0.05) is 29.3 Å². The number of amides is 2. The van der Waals surface area contributed by atoms with Gasteiger partial charge in [0.05, 0.1) is 40.5 Å². The Morgan fingerprint density at radius 3 is 2.45 bits per heavy atom. The molecule has 4 fully saturated rings. The number of nitrogens with zero attached hydrogens (tertiary/aromatic N) is 5. The van der Waals surface area contributed by atoms with Gasteiger partial charge in [-0.25, -0.2) is 14.4 Å². The minimum atomic E-state index is -0.654. The minimum Gasteiger partial charge on any atom is -0.493 e. The Bertz CT molecular complexity index is 2140. The molecule has 0 radical (unpaired) electrons. The highest BCUT2D eigenvalue weighted by Gasteiger charge is 2.42. The van der Waals surface area contributed by atoms with Gasteiger partial charge in [-0.3, -0.25) is 24.7 Å². The lowest BCUT2D eigenvalue weighted by Gasteiger charge is -2.44. The van der Waals surface area contributed by atoms with Crippen molar-refractivity contribution in [3.63, 3.8) is 0 Å². The molecule has 3 atom stereocenters. The Morgan fingerprint density at radius 2 is 1.69 bits per heavy atom. The smallest absolute Gasteiger partial charge is 0.243 e. The van der Waals surface area contributed by atoms with Gasteiger partial charge in [0.25, 0.3) is 0 Å². The molecule has 1 aliphatic carbocycles. The van der Waals surface area contributed by atoms with Crippen molar-refractivity contribution in [1.82, 2.24) is 25.1 Å². The number of benzene rings is 3. The molecule has 2 amide bonds. The molecule has 9 rings (SSSR count). The van der Waals surface area contributed by atoms with Crippen LogP contribution in [0, 0.1) is 11.7 Å². The lowest BCUT2D eigenvalue weighted by Crippen LogP contribution is -2.55. The van der Waals surface area contributed by atoms with E-state index in [0.29, 0.717) is 59.1 Å². The van der Waals surface area contributed by atoms with E-state index in [4.69, 9.17) is 32.7 Å². The molecule has 1 saturated carbocycles. The summed E-state index contributed by atoms with van der Waals surface area (Å²) in [5.74, 6) is 1.25. The van der Waals surface area contributed by atoms with Crippen molar-refractivity contribution in [3.05, 3.63) is 75.8 Å². The van der Waals surface area contributed by atoms with E-state index in [1.54, 1.807) is 7.11 Å². The molecule has 14 heteroatoms. The number of fused-ring (bicyclic) bond motifs is 4. The molecule has 4 aromatic rings. The van der Waals surface area contributed by atoms with Gasteiger partial charge in [0, 0.05) is 68.4 Å². The van der Waals surface area contributed by atoms with Gasteiger partial charge < -0.3 is 19.7 Å². The van der Waals surface area contributed by atoms with Crippen LogP contribution in [0.2, 0.25) is 10.0 Å². The number of carbonyl (C=O) groups excluding carboxylic acids is 2. The van der Waals surface area contributed by atoms with Crippen LogP contribution in [-0.4, -0.2) is 82.6 Å². The number of aromatic nitrogens is 2. The van der Waals surface area contributed by atoms with Crippen molar-refractivity contribution in [3.8, 4) is 11.5 Å². The number of hydrogen-bond acceptors (Lipinski definition) is 10. The number of methoxy groups -OCH3 is 1. The van der Waals surface area contributed by atoms with E-state index in [1.165, 1.54) is 48.1 Å². The maximum atomic E-state index is 14.9. The second kappa shape index (κ2) is 15.0. The zero-order chi connectivity index (χ0) is 37.8. The van der Waals surface area contributed by atoms with Gasteiger partial charge in [0.1, 0.15) is 12.1 Å². The number of imide groups is 1. The van der Waals surface area contributed by atoms with Gasteiger partial charge in [-0.05, 0) is 92.3 Å². The maximum absolute atomic E-state index is 14.9. The van der Waals surface area contributed by atoms with Crippen LogP contribution in [0.1, 0.15) is 62.5 Å². The highest BCUT2D eigenvalue weighted by atomic mass is 35.5. The van der Waals surface area contributed by atoms with Crippen LogP contribution < -0.4 is 25.0 Å². The van der Waals surface area contributed by atoms with E-state index >= 15 is 0 Å². The van der Waals surface area contributed by atoms with Crippen molar-refractivity contribution in [2.75, 3.05) is 37.0 Å². The summed E-state index contributed by atoms with van der Waals surface area (Å²) in [5.41, 5.74) is 4.64. The second-order valence-electron chi connectivity index (χ2n) is 15.7. The normalized spacial score (nSPS) is 25.6. The van der Waals surface area contributed by atoms with E-state index in [2.05, 4.69) is 53.5 Å². The van der Waals surface area contributed by atoms with E-state index in [1.807, 2.05) is 12.1 Å². The zero-order valence-corrected chi connectivity index (χ0v) is 32.2. The molecule has 288 valence electrons. The van der Waals surface area contributed by atoms with Crippen molar-refractivity contribution < 1.29 is 23.5 Å². The minimum absolute atomic E-state index is 0.0513. The van der Waals surface area contributed by atoms with Crippen LogP contribution in [-0.2, 0) is 22.7 Å². The Balaban J connectivity index is 0.808. The molecule has 11 nitrogen and oxygen atoms in total. The highest BCUT2D eigenvalue weighted by Crippen LogP contribution is 2.41. The fraction of sp³-hybridized carbons (Fsp3) is 0.463. The molecular weight excluding hydrogens is 744 g/mol. The Hall–Kier alpha value is -4.23. The summed E-state index contributed by atoms with van der Waals surface area (Å²) in [7, 11) is 1.62. The third kappa shape index (κ3) is 7.18. The number of rotatable bonds is 9. The van der Waals surface area contributed by atoms with Crippen LogP contribution in [0.15, 0.2) is 48.8 Å². The van der Waals surface area contributed by atoms with Gasteiger partial charge in [0.15, 0.2) is 17.3 Å². The molecule has 4 aliphatic heterocycles. The number of piperidine rings is 1. The number of ether oxygens (including phenoxy) is 2. The number of anilines is 3. The fourth-order valence-corrected chi connectivity index (χ4v) is 9.74. The van der Waals surface area contributed by atoms with Gasteiger partial charge in [0.2, 0.25) is 11.8 Å². The predicted octanol–water partition coefficient (Wildman–Crippen LogP) is 7.24. The summed E-state index contributed by atoms with van der Waals surface area (Å²) in [5, 5.41) is 6.21. The first-order valence-corrected chi connectivity index (χ1v) is 20.1. The summed E-state index contributed by atoms with van der Waals surface area (Å²) in [4.78, 5) is 40.6. The Labute approximate surface area is 329 Å². The zero-order valence-electron chi connectivity index (χ0n) is 30.7. The van der Waals surface area contributed by atoms with Crippen LogP contribution in [0.25, 0.3) is 10.9 Å². The molecule has 5 aliphatic rings. The second-order valence-corrected chi connectivity index (χ2v) is 16.4. The lowest BCUT2D eigenvalue weighted by molar-refractivity contribution is -0.137. The molecule has 2 N–H and O–H groups in total. The largest absolute Gasteiger partial charge is 0.493 e. The highest BCUT2D eigenvalue weighted by molar-refractivity contribution is 6.42. The summed E-state index contributed by atoms with van der Waals surface area (Å²) >= 11 is 12.1. The number of halogens is 3. The van der Waals surface area contributed by atoms with Gasteiger partial charge >= 0.3 is 0 Å². The number of piperazine rings is 1. The maximum Gasteiger partial charge on any atom is 0.243 e. The van der Waals surface area contributed by atoms with Crippen molar-refractivity contribution >= 4 is 63.1 Å². The molecule has 2 bridgehead atoms. The molecule has 3 unspecified atom stereocenters. The van der Waals surface area contributed by atoms with Gasteiger partial charge in [-0.2, -0.15) is 0 Å². The Kier molecular flexibility index (Phi) is 9.95. The summed E-state index contributed by atoms with van der Waals surface area (Å²) < 4.78 is 27.2. The number of hydrogen-bond donors (Lipinski definition) is 2. The summed E-state index contributed by atoms with van der Waals surface area (Å²) in [6.45, 7) is 4.68. The first-order valence-electron chi connectivity index (χ1n) is 19.3. The van der Waals surface area contributed by atoms with E-state index in [9.17, 15) is 14.0 Å². The van der Waals surface area contributed by atoms with Crippen molar-refractivity contribution in [1.29, 1.82) is 0 Å². The van der Waals surface area contributed by atoms with Gasteiger partial charge in [-0.15, -0.1) is 0 Å². The molecule has 1 aromatic heterocycles. The molecule has 3 aromatic carbocycles. The third-order valence-corrected chi connectivity index (χ3v) is 13.1.